The van der Waals surface area contributed by atoms with Crippen LogP contribution < -0.4 is 15.6 Å². The van der Waals surface area contributed by atoms with Gasteiger partial charge in [-0.05, 0) is 54.5 Å². The van der Waals surface area contributed by atoms with Crippen LogP contribution in [0.15, 0.2) is 54.6 Å². The van der Waals surface area contributed by atoms with Crippen molar-refractivity contribution in [2.24, 2.45) is 0 Å². The largest absolute Gasteiger partial charge is 0.494 e. The molecule has 0 radical (unpaired) electrons. The van der Waals surface area contributed by atoms with Gasteiger partial charge in [0.15, 0.2) is 0 Å². The number of hydrogen-bond donors (Lipinski definition) is 2. The van der Waals surface area contributed by atoms with Crippen LogP contribution in [0.25, 0.3) is 6.08 Å². The second-order valence-corrected chi connectivity index (χ2v) is 6.70. The number of ether oxygens (including phenoxy) is 1. The first-order valence-corrected chi connectivity index (χ1v) is 9.73. The third kappa shape index (κ3) is 7.84. The molecule has 0 spiro atoms. The Morgan fingerprint density at radius 3 is 2.36 bits per heavy atom. The Bertz CT molecular complexity index is 786. The van der Waals surface area contributed by atoms with E-state index in [2.05, 4.69) is 17.8 Å². The average molecular weight is 401 g/mol. The number of rotatable bonds is 9. The molecule has 2 amide bonds. The van der Waals surface area contributed by atoms with Gasteiger partial charge in [-0.25, -0.2) is 0 Å². The van der Waals surface area contributed by atoms with Gasteiger partial charge in [-0.15, -0.1) is 0 Å². The minimum Gasteiger partial charge on any atom is -0.494 e. The van der Waals surface area contributed by atoms with E-state index < -0.39 is 11.8 Å². The average Bonchev–Trinajstić information content (AvgIpc) is 2.72. The van der Waals surface area contributed by atoms with Crippen LogP contribution in [0.5, 0.6) is 5.75 Å². The standard InChI is InChI=1S/C22H25ClN2O3/c1-2-3-4-5-16-28-20-13-9-18(10-14-20)22(27)25-24-21(26)15-8-17-6-11-19(23)12-7-17/h6-15H,2-5,16H2,1H3,(H,24,26)(H,25,27)/b15-8+. The van der Waals surface area contributed by atoms with E-state index in [1.54, 1.807) is 54.6 Å². The van der Waals surface area contributed by atoms with Gasteiger partial charge >= 0.3 is 0 Å². The SMILES string of the molecule is CCCCCCOc1ccc(C(=O)NNC(=O)/C=C/c2ccc(Cl)cc2)cc1. The zero-order valence-corrected chi connectivity index (χ0v) is 16.7. The van der Waals surface area contributed by atoms with E-state index in [-0.39, 0.29) is 0 Å². The summed E-state index contributed by atoms with van der Waals surface area (Å²) in [6, 6.07) is 13.9. The lowest BCUT2D eigenvalue weighted by Crippen LogP contribution is -2.40. The minimum absolute atomic E-state index is 0.400. The van der Waals surface area contributed by atoms with Crippen LogP contribution in [0.4, 0.5) is 0 Å². The molecule has 0 heterocycles. The first-order valence-electron chi connectivity index (χ1n) is 9.35. The third-order valence-corrected chi connectivity index (χ3v) is 4.23. The number of nitrogens with one attached hydrogen (secondary N) is 2. The highest BCUT2D eigenvalue weighted by atomic mass is 35.5. The Balaban J connectivity index is 1.74. The summed E-state index contributed by atoms with van der Waals surface area (Å²) < 4.78 is 5.65. The van der Waals surface area contributed by atoms with Gasteiger partial charge in [0.2, 0.25) is 0 Å². The molecule has 0 bridgehead atoms. The number of hydrogen-bond acceptors (Lipinski definition) is 3. The Morgan fingerprint density at radius 2 is 1.68 bits per heavy atom. The van der Waals surface area contributed by atoms with E-state index in [0.717, 1.165) is 24.2 Å². The molecule has 2 aromatic rings. The minimum atomic E-state index is -0.435. The molecular formula is C22H25ClN2O3. The van der Waals surface area contributed by atoms with Gasteiger partial charge in [-0.2, -0.15) is 0 Å². The summed E-state index contributed by atoms with van der Waals surface area (Å²) in [6.45, 7) is 2.84. The summed E-state index contributed by atoms with van der Waals surface area (Å²) in [5.74, 6) is -0.110. The number of carbonyl (C=O) groups is 2. The van der Waals surface area contributed by atoms with Crippen molar-refractivity contribution in [3.05, 3.63) is 70.8 Å². The van der Waals surface area contributed by atoms with Crippen LogP contribution in [0.3, 0.4) is 0 Å². The molecule has 0 aromatic heterocycles. The van der Waals surface area contributed by atoms with Crippen LogP contribution in [0.1, 0.15) is 48.5 Å². The summed E-state index contributed by atoms with van der Waals surface area (Å²) in [5, 5.41) is 0.627. The number of amides is 2. The maximum absolute atomic E-state index is 12.1. The van der Waals surface area contributed by atoms with Gasteiger partial charge in [-0.1, -0.05) is 49.9 Å². The summed E-state index contributed by atoms with van der Waals surface area (Å²) in [4.78, 5) is 23.9. The molecule has 0 aliphatic heterocycles. The van der Waals surface area contributed by atoms with Gasteiger partial charge in [0.25, 0.3) is 11.8 Å². The summed E-state index contributed by atoms with van der Waals surface area (Å²) in [5.41, 5.74) is 5.99. The van der Waals surface area contributed by atoms with Gasteiger partial charge in [0.1, 0.15) is 5.75 Å². The molecule has 5 nitrogen and oxygen atoms in total. The molecule has 2 N–H and O–H groups in total. The fourth-order valence-corrected chi connectivity index (χ4v) is 2.53. The van der Waals surface area contributed by atoms with Gasteiger partial charge in [0, 0.05) is 16.7 Å². The third-order valence-electron chi connectivity index (χ3n) is 3.98. The highest BCUT2D eigenvalue weighted by molar-refractivity contribution is 6.30. The Labute approximate surface area is 170 Å². The van der Waals surface area contributed by atoms with Gasteiger partial charge < -0.3 is 4.74 Å². The van der Waals surface area contributed by atoms with E-state index in [4.69, 9.17) is 16.3 Å². The molecule has 0 saturated heterocycles. The van der Waals surface area contributed by atoms with Crippen molar-refractivity contribution >= 4 is 29.5 Å². The second-order valence-electron chi connectivity index (χ2n) is 6.26. The number of halogens is 1. The fourth-order valence-electron chi connectivity index (χ4n) is 2.40. The summed E-state index contributed by atoms with van der Waals surface area (Å²) in [6.07, 6.45) is 7.54. The normalized spacial score (nSPS) is 10.6. The molecule has 6 heteroatoms. The van der Waals surface area contributed by atoms with E-state index in [1.807, 2.05) is 0 Å². The molecule has 0 fully saturated rings. The monoisotopic (exact) mass is 400 g/mol. The van der Waals surface area contributed by atoms with Crippen LogP contribution in [-0.2, 0) is 4.79 Å². The molecule has 28 heavy (non-hydrogen) atoms. The van der Waals surface area contributed by atoms with Crippen LogP contribution in [0.2, 0.25) is 5.02 Å². The molecule has 0 saturated carbocycles. The highest BCUT2D eigenvalue weighted by Crippen LogP contribution is 2.13. The van der Waals surface area contributed by atoms with Crippen molar-refractivity contribution in [2.45, 2.75) is 32.6 Å². The molecule has 148 valence electrons. The second kappa shape index (κ2) is 11.8. The predicted octanol–water partition coefficient (Wildman–Crippen LogP) is 4.77. The highest BCUT2D eigenvalue weighted by Gasteiger charge is 2.06. The maximum atomic E-state index is 12.1. The molecule has 0 aliphatic rings. The van der Waals surface area contributed by atoms with Crippen LogP contribution in [0, 0.1) is 0 Å². The van der Waals surface area contributed by atoms with Gasteiger partial charge in [-0.3, -0.25) is 20.4 Å². The number of unbranched alkanes of at least 4 members (excludes halogenated alkanes) is 3. The molecular weight excluding hydrogens is 376 g/mol. The fraction of sp³-hybridized carbons (Fsp3) is 0.273. The Kier molecular flexibility index (Phi) is 9.08. The van der Waals surface area contributed by atoms with Crippen molar-refractivity contribution < 1.29 is 14.3 Å². The first kappa shape index (κ1) is 21.5. The lowest BCUT2D eigenvalue weighted by atomic mass is 10.2. The molecule has 2 rings (SSSR count). The topological polar surface area (TPSA) is 67.4 Å². The van der Waals surface area contributed by atoms with E-state index in [0.29, 0.717) is 17.2 Å². The first-order chi connectivity index (χ1) is 13.6. The molecule has 0 atom stereocenters. The van der Waals surface area contributed by atoms with Crippen molar-refractivity contribution in [1.82, 2.24) is 10.9 Å². The van der Waals surface area contributed by atoms with Crippen molar-refractivity contribution in [1.29, 1.82) is 0 Å². The molecule has 2 aromatic carbocycles. The zero-order chi connectivity index (χ0) is 20.2. The molecule has 0 aliphatic carbocycles. The van der Waals surface area contributed by atoms with E-state index in [1.165, 1.54) is 18.9 Å². The lowest BCUT2D eigenvalue weighted by molar-refractivity contribution is -0.117. The quantitative estimate of drug-likeness (QED) is 0.362. The smallest absolute Gasteiger partial charge is 0.269 e. The summed E-state index contributed by atoms with van der Waals surface area (Å²) >= 11 is 5.81. The Hall–Kier alpha value is -2.79. The van der Waals surface area contributed by atoms with Crippen LogP contribution >= 0.6 is 11.6 Å². The van der Waals surface area contributed by atoms with E-state index >= 15 is 0 Å². The van der Waals surface area contributed by atoms with Crippen molar-refractivity contribution in [3.8, 4) is 5.75 Å². The van der Waals surface area contributed by atoms with Crippen LogP contribution in [-0.4, -0.2) is 18.4 Å². The van der Waals surface area contributed by atoms with Crippen molar-refractivity contribution in [3.63, 3.8) is 0 Å². The number of hydrazine groups is 1. The lowest BCUT2D eigenvalue weighted by Gasteiger charge is -2.08. The predicted molar refractivity (Wildman–Crippen MR) is 112 cm³/mol. The molecule has 0 unspecified atom stereocenters. The zero-order valence-electron chi connectivity index (χ0n) is 15.9. The summed E-state index contributed by atoms with van der Waals surface area (Å²) in [7, 11) is 0. The maximum Gasteiger partial charge on any atom is 0.269 e. The van der Waals surface area contributed by atoms with Crippen molar-refractivity contribution in [2.75, 3.05) is 6.61 Å². The number of carbonyl (C=O) groups excluding carboxylic acids is 2. The Morgan fingerprint density at radius 1 is 0.964 bits per heavy atom. The number of benzene rings is 2. The van der Waals surface area contributed by atoms with Gasteiger partial charge in [0.05, 0.1) is 6.61 Å². The van der Waals surface area contributed by atoms with E-state index in [9.17, 15) is 9.59 Å².